The number of nitrogens with zero attached hydrogens (tertiary/aromatic N) is 1. The Morgan fingerprint density at radius 3 is 3.00 bits per heavy atom. The van der Waals surface area contributed by atoms with Crippen molar-refractivity contribution in [2.75, 3.05) is 13.4 Å². The molecule has 0 aromatic rings. The van der Waals surface area contributed by atoms with Crippen LogP contribution in [0.15, 0.2) is 17.1 Å². The molecule has 3 heteroatoms. The Labute approximate surface area is 55.1 Å². The number of allylic oxidation sites excluding steroid dienone is 2. The highest BCUT2D eigenvalue weighted by Gasteiger charge is 1.71. The molecule has 0 spiro atoms. The van der Waals surface area contributed by atoms with Crippen LogP contribution in [0.3, 0.4) is 0 Å². The molecule has 52 valence electrons. The first-order valence-electron chi connectivity index (χ1n) is 2.84. The molecule has 0 amide bonds. The van der Waals surface area contributed by atoms with E-state index in [0.29, 0.717) is 6.67 Å². The Hall–Kier alpha value is -0.670. The quantitative estimate of drug-likeness (QED) is 0.321. The normalized spacial score (nSPS) is 11.8. The van der Waals surface area contributed by atoms with Crippen LogP contribution in [0.2, 0.25) is 0 Å². The number of aliphatic hydroxyl groups excluding tert-OH is 1. The highest BCUT2D eigenvalue weighted by atomic mass is 16.3. The Morgan fingerprint density at radius 2 is 2.44 bits per heavy atom. The molecule has 0 saturated heterocycles. The predicted octanol–water partition coefficient (Wildman–Crippen LogP) is 0.130. The van der Waals surface area contributed by atoms with Gasteiger partial charge in [-0.05, 0) is 13.0 Å². The van der Waals surface area contributed by atoms with Gasteiger partial charge in [0.1, 0.15) is 0 Å². The second-order valence-corrected chi connectivity index (χ2v) is 1.42. The average Bonchev–Trinajstić information content (AvgIpc) is 1.89. The van der Waals surface area contributed by atoms with Gasteiger partial charge in [-0.25, -0.2) is 0 Å². The van der Waals surface area contributed by atoms with Crippen LogP contribution < -0.4 is 5.32 Å². The Balaban J connectivity index is 3.04. The highest BCUT2D eigenvalue weighted by Crippen LogP contribution is 1.65. The van der Waals surface area contributed by atoms with E-state index in [1.165, 1.54) is 0 Å². The zero-order chi connectivity index (χ0) is 6.95. The van der Waals surface area contributed by atoms with E-state index < -0.39 is 0 Å². The third-order valence-electron chi connectivity index (χ3n) is 0.699. The number of rotatable bonds is 4. The minimum Gasteiger partial charge on any atom is -0.381 e. The summed E-state index contributed by atoms with van der Waals surface area (Å²) in [5.41, 5.74) is 0. The lowest BCUT2D eigenvalue weighted by atomic mass is 10.6. The molecule has 0 heterocycles. The van der Waals surface area contributed by atoms with Crippen molar-refractivity contribution in [1.29, 1.82) is 0 Å². The van der Waals surface area contributed by atoms with Gasteiger partial charge >= 0.3 is 0 Å². The number of aliphatic hydroxyl groups is 1. The summed E-state index contributed by atoms with van der Waals surface area (Å²) in [5, 5.41) is 10.9. The summed E-state index contributed by atoms with van der Waals surface area (Å²) >= 11 is 0. The Morgan fingerprint density at radius 1 is 1.67 bits per heavy atom. The molecule has 0 aliphatic rings. The van der Waals surface area contributed by atoms with Crippen LogP contribution in [-0.4, -0.2) is 24.7 Å². The molecule has 0 aliphatic heterocycles. The maximum Gasteiger partial charge on any atom is 0.0945 e. The van der Waals surface area contributed by atoms with Gasteiger partial charge in [0.05, 0.1) is 13.4 Å². The lowest BCUT2D eigenvalue weighted by molar-refractivity contribution is 0.263. The third kappa shape index (κ3) is 7.33. The average molecular weight is 128 g/mol. The summed E-state index contributed by atoms with van der Waals surface area (Å²) in [7, 11) is 0. The van der Waals surface area contributed by atoms with Crippen LogP contribution in [0.25, 0.3) is 0 Å². The molecule has 0 aromatic heterocycles. The van der Waals surface area contributed by atoms with E-state index in [1.807, 2.05) is 19.1 Å². The molecule has 0 radical (unpaired) electrons. The van der Waals surface area contributed by atoms with Gasteiger partial charge in [-0.15, -0.1) is 0 Å². The van der Waals surface area contributed by atoms with Crippen LogP contribution >= 0.6 is 0 Å². The summed E-state index contributed by atoms with van der Waals surface area (Å²) in [5.74, 6) is 0. The predicted molar refractivity (Wildman–Crippen MR) is 38.4 cm³/mol. The standard InChI is InChI=1S/C6H12N2O/c1-2-3-4-7-5-8-6-9/h2-4,8-9H,5-6H2,1H3/b3-2-,7-4?. The Kier molecular flexibility index (Phi) is 6.78. The number of aliphatic imine (C=N–C) groups is 1. The van der Waals surface area contributed by atoms with E-state index >= 15 is 0 Å². The van der Waals surface area contributed by atoms with Crippen LogP contribution in [0.4, 0.5) is 0 Å². The van der Waals surface area contributed by atoms with Crippen molar-refractivity contribution >= 4 is 6.21 Å². The molecule has 0 bridgehead atoms. The zero-order valence-electron chi connectivity index (χ0n) is 5.54. The topological polar surface area (TPSA) is 44.6 Å². The van der Waals surface area contributed by atoms with Gasteiger partial charge < -0.3 is 5.11 Å². The minimum atomic E-state index is -0.0207. The molecule has 0 unspecified atom stereocenters. The van der Waals surface area contributed by atoms with Gasteiger partial charge in [-0.2, -0.15) is 0 Å². The van der Waals surface area contributed by atoms with Crippen molar-refractivity contribution in [3.05, 3.63) is 12.2 Å². The van der Waals surface area contributed by atoms with Crippen molar-refractivity contribution in [2.24, 2.45) is 4.99 Å². The van der Waals surface area contributed by atoms with Crippen molar-refractivity contribution < 1.29 is 5.11 Å². The fraction of sp³-hybridized carbons (Fsp3) is 0.500. The largest absolute Gasteiger partial charge is 0.381 e. The van der Waals surface area contributed by atoms with Crippen molar-refractivity contribution in [3.8, 4) is 0 Å². The van der Waals surface area contributed by atoms with Gasteiger partial charge in [-0.1, -0.05) is 6.08 Å². The Bertz CT molecular complexity index is 99.2. The summed E-state index contributed by atoms with van der Waals surface area (Å²) in [6, 6.07) is 0. The molecule has 0 aromatic carbocycles. The van der Waals surface area contributed by atoms with E-state index in [-0.39, 0.29) is 6.73 Å². The van der Waals surface area contributed by atoms with E-state index in [0.717, 1.165) is 0 Å². The van der Waals surface area contributed by atoms with Gasteiger partial charge in [-0.3, -0.25) is 10.3 Å². The number of hydrogen-bond acceptors (Lipinski definition) is 3. The fourth-order valence-electron chi connectivity index (χ4n) is 0.314. The van der Waals surface area contributed by atoms with Crippen LogP contribution in [0.5, 0.6) is 0 Å². The van der Waals surface area contributed by atoms with Crippen LogP contribution in [-0.2, 0) is 0 Å². The summed E-state index contributed by atoms with van der Waals surface area (Å²) in [4.78, 5) is 3.87. The zero-order valence-corrected chi connectivity index (χ0v) is 5.54. The van der Waals surface area contributed by atoms with Gasteiger partial charge in [0, 0.05) is 6.21 Å². The van der Waals surface area contributed by atoms with E-state index in [9.17, 15) is 0 Å². The molecule has 0 saturated carbocycles. The van der Waals surface area contributed by atoms with E-state index in [4.69, 9.17) is 5.11 Å². The molecular formula is C6H12N2O. The molecule has 0 rings (SSSR count). The van der Waals surface area contributed by atoms with Crippen LogP contribution in [0, 0.1) is 0 Å². The first-order chi connectivity index (χ1) is 4.41. The van der Waals surface area contributed by atoms with E-state index in [2.05, 4.69) is 10.3 Å². The van der Waals surface area contributed by atoms with E-state index in [1.54, 1.807) is 6.21 Å². The SMILES string of the molecule is C/C=C\C=NCNCO. The fourth-order valence-corrected chi connectivity index (χ4v) is 0.314. The summed E-state index contributed by atoms with van der Waals surface area (Å²) in [6.07, 6.45) is 5.41. The first kappa shape index (κ1) is 8.33. The highest BCUT2D eigenvalue weighted by molar-refractivity contribution is 5.70. The molecule has 9 heavy (non-hydrogen) atoms. The van der Waals surface area contributed by atoms with Gasteiger partial charge in [0.25, 0.3) is 0 Å². The van der Waals surface area contributed by atoms with Gasteiger partial charge in [0.15, 0.2) is 0 Å². The monoisotopic (exact) mass is 128 g/mol. The number of nitrogens with one attached hydrogen (secondary N) is 1. The molecular weight excluding hydrogens is 116 g/mol. The van der Waals surface area contributed by atoms with Crippen LogP contribution in [0.1, 0.15) is 6.92 Å². The third-order valence-corrected chi connectivity index (χ3v) is 0.699. The second kappa shape index (κ2) is 7.33. The lowest BCUT2D eigenvalue weighted by Crippen LogP contribution is -2.13. The second-order valence-electron chi connectivity index (χ2n) is 1.42. The maximum absolute atomic E-state index is 8.22. The maximum atomic E-state index is 8.22. The number of hydrogen-bond donors (Lipinski definition) is 2. The molecule has 0 aliphatic carbocycles. The summed E-state index contributed by atoms with van der Waals surface area (Å²) in [6.45, 7) is 2.37. The van der Waals surface area contributed by atoms with Crippen molar-refractivity contribution in [3.63, 3.8) is 0 Å². The summed E-state index contributed by atoms with van der Waals surface area (Å²) < 4.78 is 0. The van der Waals surface area contributed by atoms with Crippen molar-refractivity contribution in [2.45, 2.75) is 6.92 Å². The molecule has 0 fully saturated rings. The smallest absolute Gasteiger partial charge is 0.0945 e. The minimum absolute atomic E-state index is 0.0207. The van der Waals surface area contributed by atoms with Crippen molar-refractivity contribution in [1.82, 2.24) is 5.32 Å². The first-order valence-corrected chi connectivity index (χ1v) is 2.84. The lowest BCUT2D eigenvalue weighted by Gasteiger charge is -1.89. The van der Waals surface area contributed by atoms with Gasteiger partial charge in [0.2, 0.25) is 0 Å². The molecule has 0 atom stereocenters. The molecule has 3 nitrogen and oxygen atoms in total. The molecule has 2 N–H and O–H groups in total.